The first-order chi connectivity index (χ1) is 12.4. The molecule has 1 saturated heterocycles. The minimum Gasteiger partial charge on any atom is -0.369 e. The van der Waals surface area contributed by atoms with Crippen molar-refractivity contribution in [2.45, 2.75) is 6.42 Å². The summed E-state index contributed by atoms with van der Waals surface area (Å²) in [6, 6.07) is 6.52. The summed E-state index contributed by atoms with van der Waals surface area (Å²) >= 11 is 2.03. The number of aromatic nitrogens is 1. The van der Waals surface area contributed by atoms with Crippen molar-refractivity contribution in [3.8, 4) is 0 Å². The predicted octanol–water partition coefficient (Wildman–Crippen LogP) is 1.75. The first-order valence-corrected chi connectivity index (χ1v) is 8.99. The second-order valence-corrected chi connectivity index (χ2v) is 7.09. The van der Waals surface area contributed by atoms with E-state index in [4.69, 9.17) is 5.73 Å². The molecule has 2 aromatic rings. The van der Waals surface area contributed by atoms with Crippen LogP contribution in [-0.4, -0.2) is 27.9 Å². The molecule has 2 heterocycles. The monoisotopic (exact) mass is 388 g/mol. The number of thioether (sulfide) groups is 1. The minimum atomic E-state index is -0.492. The van der Waals surface area contributed by atoms with E-state index in [1.54, 1.807) is 35.7 Å². The zero-order valence-electron chi connectivity index (χ0n) is 13.1. The molecule has 1 aliphatic heterocycles. The van der Waals surface area contributed by atoms with Crippen LogP contribution in [0.25, 0.3) is 6.08 Å². The van der Waals surface area contributed by atoms with Crippen molar-refractivity contribution < 1.29 is 19.2 Å². The molecule has 4 amide bonds. The van der Waals surface area contributed by atoms with E-state index in [0.29, 0.717) is 26.9 Å². The fourth-order valence-corrected chi connectivity index (χ4v) is 3.48. The summed E-state index contributed by atoms with van der Waals surface area (Å²) in [4.78, 5) is 50.2. The van der Waals surface area contributed by atoms with E-state index in [9.17, 15) is 19.2 Å². The molecule has 4 N–H and O–H groups in total. The number of nitrogens with zero attached hydrogens (tertiary/aromatic N) is 1. The molecule has 26 heavy (non-hydrogen) atoms. The minimum absolute atomic E-state index is 0.0177. The van der Waals surface area contributed by atoms with Crippen LogP contribution in [-0.2, 0) is 16.0 Å². The highest BCUT2D eigenvalue weighted by atomic mass is 32.2. The molecule has 10 heteroatoms. The van der Waals surface area contributed by atoms with Gasteiger partial charge in [-0.05, 0) is 35.5 Å². The molecule has 0 atom stereocenters. The first-order valence-electron chi connectivity index (χ1n) is 7.29. The Hall–Kier alpha value is -2.98. The molecule has 1 aromatic heterocycles. The maximum Gasteiger partial charge on any atom is 0.290 e. The van der Waals surface area contributed by atoms with Crippen molar-refractivity contribution in [3.63, 3.8) is 0 Å². The van der Waals surface area contributed by atoms with Crippen LogP contribution in [0, 0.1) is 0 Å². The lowest BCUT2D eigenvalue weighted by Crippen LogP contribution is -2.17. The normalized spacial score (nSPS) is 15.2. The Bertz CT molecular complexity index is 934. The fraction of sp³-hybridized carbons (Fsp3) is 0.0625. The third kappa shape index (κ3) is 4.35. The highest BCUT2D eigenvalue weighted by Gasteiger charge is 2.24. The van der Waals surface area contributed by atoms with Gasteiger partial charge in [0.05, 0.1) is 17.0 Å². The molecular formula is C16H12N4O4S2. The summed E-state index contributed by atoms with van der Waals surface area (Å²) in [5.41, 5.74) is 6.69. The largest absolute Gasteiger partial charge is 0.369 e. The summed E-state index contributed by atoms with van der Waals surface area (Å²) in [5.74, 6) is -1.28. The van der Waals surface area contributed by atoms with Crippen LogP contribution in [0.1, 0.15) is 21.6 Å². The van der Waals surface area contributed by atoms with Crippen molar-refractivity contribution in [2.75, 3.05) is 5.32 Å². The Balaban J connectivity index is 1.66. The number of carbonyl (C=O) groups is 4. The van der Waals surface area contributed by atoms with Gasteiger partial charge in [0.1, 0.15) is 0 Å². The van der Waals surface area contributed by atoms with Gasteiger partial charge in [-0.25, -0.2) is 4.98 Å². The molecule has 0 aliphatic carbocycles. The SMILES string of the molecule is NC(=O)Cc1csc(NC(=O)c2ccc(C=C3SC(=O)NC3=O)cc2)n1. The van der Waals surface area contributed by atoms with Crippen LogP contribution in [0.15, 0.2) is 34.6 Å². The Labute approximate surface area is 155 Å². The van der Waals surface area contributed by atoms with Crippen LogP contribution in [0.4, 0.5) is 9.93 Å². The second kappa shape index (κ2) is 7.50. The summed E-state index contributed by atoms with van der Waals surface area (Å²) < 4.78 is 0. The van der Waals surface area contributed by atoms with E-state index in [0.717, 1.165) is 11.8 Å². The smallest absolute Gasteiger partial charge is 0.290 e. The maximum absolute atomic E-state index is 12.2. The van der Waals surface area contributed by atoms with Gasteiger partial charge < -0.3 is 5.73 Å². The van der Waals surface area contributed by atoms with Gasteiger partial charge in [-0.2, -0.15) is 0 Å². The van der Waals surface area contributed by atoms with E-state index >= 15 is 0 Å². The number of nitrogens with one attached hydrogen (secondary N) is 2. The molecule has 8 nitrogen and oxygen atoms in total. The summed E-state index contributed by atoms with van der Waals surface area (Å²) in [6.07, 6.45) is 1.59. The molecule has 0 saturated carbocycles. The molecule has 0 unspecified atom stereocenters. The quantitative estimate of drug-likeness (QED) is 0.669. The standard InChI is InChI=1S/C16H12N4O4S2/c17-12(21)6-10-7-25-15(18-10)19-13(22)9-3-1-8(2-4-9)5-11-14(23)20-16(24)26-11/h1-5,7H,6H2,(H2,17,21)(H,18,19,22)(H,20,23,24). The Morgan fingerprint density at radius 2 is 1.96 bits per heavy atom. The molecule has 0 radical (unpaired) electrons. The molecule has 1 aromatic carbocycles. The van der Waals surface area contributed by atoms with Crippen molar-refractivity contribution in [1.29, 1.82) is 0 Å². The second-order valence-electron chi connectivity index (χ2n) is 5.22. The molecule has 132 valence electrons. The zero-order valence-corrected chi connectivity index (χ0v) is 14.8. The molecule has 0 spiro atoms. The Kier molecular flexibility index (Phi) is 5.14. The van der Waals surface area contributed by atoms with Gasteiger partial charge >= 0.3 is 0 Å². The highest BCUT2D eigenvalue weighted by molar-refractivity contribution is 8.18. The number of thiazole rings is 1. The third-order valence-corrected chi connectivity index (χ3v) is 4.86. The van der Waals surface area contributed by atoms with Crippen LogP contribution in [0.3, 0.4) is 0 Å². The molecular weight excluding hydrogens is 376 g/mol. The van der Waals surface area contributed by atoms with Crippen LogP contribution in [0.2, 0.25) is 0 Å². The van der Waals surface area contributed by atoms with Crippen LogP contribution in [0.5, 0.6) is 0 Å². The van der Waals surface area contributed by atoms with E-state index in [2.05, 4.69) is 15.6 Å². The number of carbonyl (C=O) groups excluding carboxylic acids is 4. The summed E-state index contributed by atoms with van der Waals surface area (Å²) in [5, 5.41) is 6.44. The van der Waals surface area contributed by atoms with Gasteiger partial charge in [0, 0.05) is 10.9 Å². The number of primary amides is 1. The van der Waals surface area contributed by atoms with Crippen molar-refractivity contribution in [1.82, 2.24) is 10.3 Å². The predicted molar refractivity (Wildman–Crippen MR) is 98.5 cm³/mol. The van der Waals surface area contributed by atoms with E-state index in [1.165, 1.54) is 11.3 Å². The summed E-state index contributed by atoms with van der Waals surface area (Å²) in [6.45, 7) is 0. The first kappa shape index (κ1) is 17.8. The average Bonchev–Trinajstić information content (AvgIpc) is 3.13. The van der Waals surface area contributed by atoms with Gasteiger partial charge in [-0.3, -0.25) is 29.8 Å². The number of amides is 4. The molecule has 3 rings (SSSR count). The lowest BCUT2D eigenvalue weighted by molar-refractivity contribution is -0.117. The number of anilines is 1. The number of hydrogen-bond donors (Lipinski definition) is 3. The number of hydrogen-bond acceptors (Lipinski definition) is 7. The topological polar surface area (TPSA) is 131 Å². The highest BCUT2D eigenvalue weighted by Crippen LogP contribution is 2.25. The van der Waals surface area contributed by atoms with Crippen molar-refractivity contribution in [2.24, 2.45) is 5.73 Å². The summed E-state index contributed by atoms with van der Waals surface area (Å²) in [7, 11) is 0. The fourth-order valence-electron chi connectivity index (χ4n) is 2.10. The van der Waals surface area contributed by atoms with Crippen molar-refractivity contribution in [3.05, 3.63) is 51.4 Å². The lowest BCUT2D eigenvalue weighted by atomic mass is 10.1. The molecule has 1 aliphatic rings. The maximum atomic E-state index is 12.2. The van der Waals surface area contributed by atoms with Crippen LogP contribution < -0.4 is 16.4 Å². The van der Waals surface area contributed by atoms with E-state index in [1.807, 2.05) is 0 Å². The molecule has 1 fully saturated rings. The zero-order chi connectivity index (χ0) is 18.7. The van der Waals surface area contributed by atoms with Crippen LogP contribution >= 0.6 is 23.1 Å². The Morgan fingerprint density at radius 3 is 2.58 bits per heavy atom. The van der Waals surface area contributed by atoms with Gasteiger partial charge in [-0.15, -0.1) is 11.3 Å². The van der Waals surface area contributed by atoms with Gasteiger partial charge in [0.15, 0.2) is 5.13 Å². The van der Waals surface area contributed by atoms with Gasteiger partial charge in [0.25, 0.3) is 17.1 Å². The number of rotatable bonds is 5. The van der Waals surface area contributed by atoms with E-state index in [-0.39, 0.29) is 12.3 Å². The number of benzene rings is 1. The van der Waals surface area contributed by atoms with E-state index < -0.39 is 17.1 Å². The Morgan fingerprint density at radius 1 is 1.23 bits per heavy atom. The third-order valence-electron chi connectivity index (χ3n) is 3.24. The van der Waals surface area contributed by atoms with Gasteiger partial charge in [-0.1, -0.05) is 12.1 Å². The average molecular weight is 388 g/mol. The molecule has 0 bridgehead atoms. The number of imide groups is 1. The van der Waals surface area contributed by atoms with Gasteiger partial charge in [0.2, 0.25) is 5.91 Å². The number of nitrogens with two attached hydrogens (primary N) is 1. The van der Waals surface area contributed by atoms with Crippen molar-refractivity contribution >= 4 is 57.3 Å². The lowest BCUT2D eigenvalue weighted by Gasteiger charge is -2.02.